The highest BCUT2D eigenvalue weighted by Crippen LogP contribution is 2.19. The smallest absolute Gasteiger partial charge is 0.171 e. The Kier molecular flexibility index (Phi) is 7.06. The summed E-state index contributed by atoms with van der Waals surface area (Å²) in [6, 6.07) is 6.68. The van der Waals surface area contributed by atoms with Crippen molar-refractivity contribution in [1.82, 2.24) is 15.2 Å². The lowest BCUT2D eigenvalue weighted by molar-refractivity contribution is 0.143. The number of thiocarbonyl (C=S) groups is 1. The average molecular weight is 321 g/mol. The third-order valence-electron chi connectivity index (χ3n) is 4.26. The second-order valence-corrected chi connectivity index (χ2v) is 6.40. The molecule has 1 atom stereocenters. The molecule has 5 heteroatoms. The second kappa shape index (κ2) is 9.06. The van der Waals surface area contributed by atoms with Crippen LogP contribution in [0.2, 0.25) is 0 Å². The van der Waals surface area contributed by atoms with E-state index in [1.54, 1.807) is 0 Å². The van der Waals surface area contributed by atoms with Gasteiger partial charge >= 0.3 is 0 Å². The molecule has 0 unspecified atom stereocenters. The van der Waals surface area contributed by atoms with Gasteiger partial charge in [0.05, 0.1) is 0 Å². The lowest BCUT2D eigenvalue weighted by atomic mass is 10.00. The van der Waals surface area contributed by atoms with Crippen molar-refractivity contribution in [3.63, 3.8) is 0 Å². The summed E-state index contributed by atoms with van der Waals surface area (Å²) < 4.78 is 0. The van der Waals surface area contributed by atoms with E-state index in [1.165, 1.54) is 32.2 Å². The van der Waals surface area contributed by atoms with Gasteiger partial charge in [-0.15, -0.1) is 0 Å². The number of aromatic nitrogens is 1. The van der Waals surface area contributed by atoms with E-state index in [0.717, 1.165) is 37.1 Å². The Morgan fingerprint density at radius 1 is 1.41 bits per heavy atom. The summed E-state index contributed by atoms with van der Waals surface area (Å²) in [5, 5.41) is 7.07. The molecule has 2 rings (SSSR count). The van der Waals surface area contributed by atoms with Gasteiger partial charge in [0, 0.05) is 24.8 Å². The van der Waals surface area contributed by atoms with Crippen LogP contribution >= 0.6 is 12.2 Å². The third kappa shape index (κ3) is 5.54. The third-order valence-corrected chi connectivity index (χ3v) is 4.50. The number of hydrogen-bond acceptors (Lipinski definition) is 3. The normalized spacial score (nSPS) is 18.9. The first kappa shape index (κ1) is 17.2. The van der Waals surface area contributed by atoms with E-state index in [2.05, 4.69) is 27.4 Å². The van der Waals surface area contributed by atoms with E-state index in [9.17, 15) is 0 Å². The molecule has 0 aromatic carbocycles. The van der Waals surface area contributed by atoms with Crippen molar-refractivity contribution in [3.8, 4) is 0 Å². The lowest BCUT2D eigenvalue weighted by Crippen LogP contribution is -2.41. The number of nitrogens with zero attached hydrogens (tertiary/aromatic N) is 2. The molecule has 1 aliphatic rings. The quantitative estimate of drug-likeness (QED) is 0.621. The molecule has 1 saturated heterocycles. The zero-order valence-electron chi connectivity index (χ0n) is 13.8. The Morgan fingerprint density at radius 2 is 2.27 bits per heavy atom. The summed E-state index contributed by atoms with van der Waals surface area (Å²) in [6.45, 7) is 7.61. The van der Waals surface area contributed by atoms with Gasteiger partial charge in [0.25, 0.3) is 0 Å². The van der Waals surface area contributed by atoms with Crippen LogP contribution in [0.25, 0.3) is 0 Å². The van der Waals surface area contributed by atoms with Gasteiger partial charge in [0.2, 0.25) is 0 Å². The number of likely N-dealkylation sites (tertiary alicyclic amines) is 1. The van der Waals surface area contributed by atoms with E-state index in [0.29, 0.717) is 5.11 Å². The summed E-state index contributed by atoms with van der Waals surface area (Å²) in [5.41, 5.74) is 0.989. The van der Waals surface area contributed by atoms with Gasteiger partial charge in [0.15, 0.2) is 5.11 Å². The van der Waals surface area contributed by atoms with Crippen molar-refractivity contribution >= 4 is 23.1 Å². The fourth-order valence-corrected chi connectivity index (χ4v) is 3.28. The van der Waals surface area contributed by atoms with Crippen LogP contribution in [0, 0.1) is 6.92 Å². The molecular formula is C17H28N4S. The first-order valence-electron chi connectivity index (χ1n) is 8.41. The minimum absolute atomic E-state index is 0.656. The number of anilines is 1. The summed E-state index contributed by atoms with van der Waals surface area (Å²) >= 11 is 5.32. The van der Waals surface area contributed by atoms with Crippen LogP contribution in [0.3, 0.4) is 0 Å². The van der Waals surface area contributed by atoms with Crippen molar-refractivity contribution in [1.29, 1.82) is 0 Å². The molecule has 1 fully saturated rings. The molecule has 22 heavy (non-hydrogen) atoms. The van der Waals surface area contributed by atoms with Crippen LogP contribution in [0.4, 0.5) is 5.82 Å². The van der Waals surface area contributed by atoms with E-state index in [1.807, 2.05) is 25.1 Å². The lowest BCUT2D eigenvalue weighted by Gasteiger charge is -2.35. The molecule has 0 radical (unpaired) electrons. The number of rotatable bonds is 6. The van der Waals surface area contributed by atoms with Gasteiger partial charge in [-0.2, -0.15) is 0 Å². The molecule has 0 spiro atoms. The topological polar surface area (TPSA) is 40.2 Å². The maximum atomic E-state index is 5.32. The molecule has 0 bridgehead atoms. The highest BCUT2D eigenvalue weighted by Gasteiger charge is 2.19. The Labute approximate surface area is 139 Å². The summed E-state index contributed by atoms with van der Waals surface area (Å²) in [4.78, 5) is 7.03. The highest BCUT2D eigenvalue weighted by atomic mass is 32.1. The Morgan fingerprint density at radius 3 is 3.05 bits per heavy atom. The molecule has 1 aromatic rings. The number of piperidine rings is 1. The largest absolute Gasteiger partial charge is 0.362 e. The van der Waals surface area contributed by atoms with Crippen LogP contribution in [0.15, 0.2) is 18.2 Å². The molecule has 122 valence electrons. The number of nitrogens with one attached hydrogen (secondary N) is 2. The Balaban J connectivity index is 1.64. The van der Waals surface area contributed by atoms with Gasteiger partial charge in [0.1, 0.15) is 5.82 Å². The van der Waals surface area contributed by atoms with Crippen LogP contribution in [-0.4, -0.2) is 40.7 Å². The minimum atomic E-state index is 0.656. The molecule has 1 aliphatic heterocycles. The monoisotopic (exact) mass is 320 g/mol. The predicted octanol–water partition coefficient (Wildman–Crippen LogP) is 3.33. The van der Waals surface area contributed by atoms with Gasteiger partial charge in [-0.3, -0.25) is 0 Å². The van der Waals surface area contributed by atoms with Crippen LogP contribution in [-0.2, 0) is 0 Å². The molecular weight excluding hydrogens is 292 g/mol. The number of hydrogen-bond donors (Lipinski definition) is 2. The molecule has 0 saturated carbocycles. The minimum Gasteiger partial charge on any atom is -0.362 e. The molecule has 4 nitrogen and oxygen atoms in total. The molecule has 2 heterocycles. The van der Waals surface area contributed by atoms with Crippen molar-refractivity contribution in [2.75, 3.05) is 25.0 Å². The van der Waals surface area contributed by atoms with Crippen molar-refractivity contribution in [2.24, 2.45) is 0 Å². The first-order chi connectivity index (χ1) is 10.7. The number of aryl methyl sites for hydroxylation is 1. The van der Waals surface area contributed by atoms with Crippen LogP contribution in [0.1, 0.15) is 44.7 Å². The van der Waals surface area contributed by atoms with E-state index in [-0.39, 0.29) is 0 Å². The van der Waals surface area contributed by atoms with Gasteiger partial charge in [-0.1, -0.05) is 19.4 Å². The van der Waals surface area contributed by atoms with Crippen LogP contribution < -0.4 is 10.6 Å². The summed E-state index contributed by atoms with van der Waals surface area (Å²) in [6.07, 6.45) is 6.50. The molecule has 0 aliphatic carbocycles. The van der Waals surface area contributed by atoms with E-state index in [4.69, 9.17) is 12.2 Å². The zero-order valence-corrected chi connectivity index (χ0v) is 14.6. The predicted molar refractivity (Wildman–Crippen MR) is 97.3 cm³/mol. The van der Waals surface area contributed by atoms with E-state index < -0.39 is 0 Å². The fourth-order valence-electron chi connectivity index (χ4n) is 3.07. The Hall–Kier alpha value is -1.20. The van der Waals surface area contributed by atoms with Crippen molar-refractivity contribution in [3.05, 3.63) is 23.9 Å². The zero-order chi connectivity index (χ0) is 15.8. The molecule has 2 N–H and O–H groups in total. The van der Waals surface area contributed by atoms with Gasteiger partial charge in [-0.25, -0.2) is 4.98 Å². The van der Waals surface area contributed by atoms with Crippen molar-refractivity contribution < 1.29 is 0 Å². The molecule has 0 amide bonds. The average Bonchev–Trinajstić information content (AvgIpc) is 2.52. The second-order valence-electron chi connectivity index (χ2n) is 5.99. The molecule has 1 aromatic heterocycles. The first-order valence-corrected chi connectivity index (χ1v) is 8.82. The highest BCUT2D eigenvalue weighted by molar-refractivity contribution is 7.80. The van der Waals surface area contributed by atoms with Gasteiger partial charge < -0.3 is 15.5 Å². The standard InChI is InChI=1S/C17H28N4S/c1-3-15-9-4-5-12-21(15)13-7-11-18-17(22)20-16-10-6-8-14(2)19-16/h6,8,10,15H,3-5,7,9,11-13H2,1-2H3,(H2,18,19,20,22)/t15-/m0/s1. The fraction of sp³-hybridized carbons (Fsp3) is 0.647. The van der Waals surface area contributed by atoms with Gasteiger partial charge in [-0.05, 0) is 63.5 Å². The summed E-state index contributed by atoms with van der Waals surface area (Å²) in [7, 11) is 0. The maximum absolute atomic E-state index is 5.32. The van der Waals surface area contributed by atoms with E-state index >= 15 is 0 Å². The Bertz CT molecular complexity index is 477. The summed E-state index contributed by atoms with van der Waals surface area (Å²) in [5.74, 6) is 0.805. The van der Waals surface area contributed by atoms with Crippen LogP contribution in [0.5, 0.6) is 0 Å². The SMILES string of the molecule is CC[C@H]1CCCCN1CCCNC(=S)Nc1cccc(C)n1. The maximum Gasteiger partial charge on any atom is 0.171 e. The van der Waals surface area contributed by atoms with Crippen molar-refractivity contribution in [2.45, 2.75) is 52.0 Å². The number of pyridine rings is 1.